The number of hydrogen-bond donors (Lipinski definition) is 3. The fourth-order valence-electron chi connectivity index (χ4n) is 3.28. The molecule has 0 spiro atoms. The Kier molecular flexibility index (Phi) is 7.61. The lowest BCUT2D eigenvalue weighted by Gasteiger charge is -2.14. The second kappa shape index (κ2) is 9.92. The van der Waals surface area contributed by atoms with E-state index >= 15 is 0 Å². The number of carbonyl (C=O) groups is 3. The molecule has 1 heterocycles. The fraction of sp³-hybridized carbons (Fsp3) is 0.476. The van der Waals surface area contributed by atoms with Gasteiger partial charge in [0.1, 0.15) is 17.6 Å². The third-order valence-electron chi connectivity index (χ3n) is 4.82. The van der Waals surface area contributed by atoms with Gasteiger partial charge in [0, 0.05) is 23.0 Å². The lowest BCUT2D eigenvalue weighted by Crippen LogP contribution is -2.41. The van der Waals surface area contributed by atoms with Crippen LogP contribution in [0.5, 0.6) is 5.75 Å². The SMILES string of the molecule is COc1ccc2[nH]c(C)c(CC(=O)N[C@@H](CCCCCC(C)=O)C(=O)O)c2c1. The van der Waals surface area contributed by atoms with Gasteiger partial charge in [0.2, 0.25) is 5.91 Å². The first-order valence-corrected chi connectivity index (χ1v) is 9.48. The molecule has 0 bridgehead atoms. The second-order valence-electron chi connectivity index (χ2n) is 7.08. The molecule has 3 N–H and O–H groups in total. The molecule has 0 aliphatic carbocycles. The molecule has 2 rings (SSSR count). The van der Waals surface area contributed by atoms with E-state index in [4.69, 9.17) is 4.74 Å². The summed E-state index contributed by atoms with van der Waals surface area (Å²) in [5.41, 5.74) is 2.60. The lowest BCUT2D eigenvalue weighted by atomic mass is 10.0. The quantitative estimate of drug-likeness (QED) is 0.513. The Morgan fingerprint density at radius 1 is 1.21 bits per heavy atom. The average Bonchev–Trinajstić information content (AvgIpc) is 2.94. The largest absolute Gasteiger partial charge is 0.497 e. The maximum Gasteiger partial charge on any atom is 0.326 e. The van der Waals surface area contributed by atoms with Crippen molar-refractivity contribution in [2.24, 2.45) is 0 Å². The molecular formula is C21H28N2O5. The van der Waals surface area contributed by atoms with Gasteiger partial charge in [0.25, 0.3) is 0 Å². The number of rotatable bonds is 11. The summed E-state index contributed by atoms with van der Waals surface area (Å²) in [5, 5.41) is 12.9. The van der Waals surface area contributed by atoms with E-state index in [0.29, 0.717) is 25.0 Å². The number of fused-ring (bicyclic) bond motifs is 1. The highest BCUT2D eigenvalue weighted by molar-refractivity contribution is 5.92. The van der Waals surface area contributed by atoms with Crippen molar-refractivity contribution in [3.8, 4) is 5.75 Å². The summed E-state index contributed by atoms with van der Waals surface area (Å²) in [6.07, 6.45) is 3.10. The number of aliphatic carboxylic acids is 1. The van der Waals surface area contributed by atoms with Crippen LogP contribution in [0.2, 0.25) is 0 Å². The third-order valence-corrected chi connectivity index (χ3v) is 4.82. The number of Topliss-reactive ketones (excluding diaryl/α,β-unsaturated/α-hetero) is 1. The molecule has 0 saturated carbocycles. The molecule has 1 amide bonds. The van der Waals surface area contributed by atoms with Crippen molar-refractivity contribution >= 4 is 28.6 Å². The Morgan fingerprint density at radius 2 is 1.96 bits per heavy atom. The topological polar surface area (TPSA) is 108 Å². The van der Waals surface area contributed by atoms with Gasteiger partial charge in [-0.2, -0.15) is 0 Å². The minimum atomic E-state index is -1.04. The minimum absolute atomic E-state index is 0.0904. The Morgan fingerprint density at radius 3 is 2.61 bits per heavy atom. The summed E-state index contributed by atoms with van der Waals surface area (Å²) in [7, 11) is 1.58. The summed E-state index contributed by atoms with van der Waals surface area (Å²) in [4.78, 5) is 38.2. The number of amides is 1. The summed E-state index contributed by atoms with van der Waals surface area (Å²) < 4.78 is 5.25. The predicted molar refractivity (Wildman–Crippen MR) is 107 cm³/mol. The Hall–Kier alpha value is -2.83. The van der Waals surface area contributed by atoms with Crippen molar-refractivity contribution in [2.45, 2.75) is 58.4 Å². The van der Waals surface area contributed by atoms with Crippen LogP contribution in [0.3, 0.4) is 0 Å². The zero-order valence-electron chi connectivity index (χ0n) is 16.6. The molecule has 2 aromatic rings. The van der Waals surface area contributed by atoms with Crippen molar-refractivity contribution in [1.29, 1.82) is 0 Å². The van der Waals surface area contributed by atoms with Gasteiger partial charge in [-0.05, 0) is 50.5 Å². The highest BCUT2D eigenvalue weighted by atomic mass is 16.5. The van der Waals surface area contributed by atoms with Crippen LogP contribution < -0.4 is 10.1 Å². The first-order chi connectivity index (χ1) is 13.3. The molecule has 0 radical (unpaired) electrons. The number of carbonyl (C=O) groups excluding carboxylic acids is 2. The number of aromatic amines is 1. The molecular weight excluding hydrogens is 360 g/mol. The minimum Gasteiger partial charge on any atom is -0.497 e. The van der Waals surface area contributed by atoms with Gasteiger partial charge in [-0.25, -0.2) is 4.79 Å². The first-order valence-electron chi connectivity index (χ1n) is 9.48. The van der Waals surface area contributed by atoms with Crippen LogP contribution in [0, 0.1) is 6.92 Å². The average molecular weight is 388 g/mol. The lowest BCUT2D eigenvalue weighted by molar-refractivity contribution is -0.142. The van der Waals surface area contributed by atoms with E-state index in [9.17, 15) is 19.5 Å². The van der Waals surface area contributed by atoms with E-state index in [2.05, 4.69) is 10.3 Å². The number of carboxylic acids is 1. The fourth-order valence-corrected chi connectivity index (χ4v) is 3.28. The molecule has 7 nitrogen and oxygen atoms in total. The molecule has 1 atom stereocenters. The number of aryl methyl sites for hydroxylation is 1. The van der Waals surface area contributed by atoms with E-state index in [1.165, 1.54) is 0 Å². The summed E-state index contributed by atoms with van der Waals surface area (Å²) >= 11 is 0. The van der Waals surface area contributed by atoms with Crippen LogP contribution in [0.1, 0.15) is 50.3 Å². The van der Waals surface area contributed by atoms with E-state index in [1.54, 1.807) is 14.0 Å². The number of carboxylic acid groups (broad SMARTS) is 1. The van der Waals surface area contributed by atoms with Gasteiger partial charge in [-0.15, -0.1) is 0 Å². The summed E-state index contributed by atoms with van der Waals surface area (Å²) in [6.45, 7) is 3.43. The maximum atomic E-state index is 12.5. The van der Waals surface area contributed by atoms with Gasteiger partial charge in [-0.3, -0.25) is 4.79 Å². The highest BCUT2D eigenvalue weighted by Crippen LogP contribution is 2.26. The monoisotopic (exact) mass is 388 g/mol. The van der Waals surface area contributed by atoms with Crippen LogP contribution in [-0.2, 0) is 20.8 Å². The van der Waals surface area contributed by atoms with Gasteiger partial charge < -0.3 is 24.9 Å². The molecule has 0 aliphatic heterocycles. The van der Waals surface area contributed by atoms with Crippen LogP contribution in [0.15, 0.2) is 18.2 Å². The Balaban J connectivity index is 1.99. The third kappa shape index (κ3) is 5.84. The smallest absolute Gasteiger partial charge is 0.326 e. The van der Waals surface area contributed by atoms with Gasteiger partial charge in [0.15, 0.2) is 0 Å². The van der Waals surface area contributed by atoms with E-state index in [1.807, 2.05) is 25.1 Å². The van der Waals surface area contributed by atoms with Crippen LogP contribution in [-0.4, -0.2) is 40.9 Å². The second-order valence-corrected chi connectivity index (χ2v) is 7.08. The van der Waals surface area contributed by atoms with Crippen LogP contribution in [0.4, 0.5) is 0 Å². The van der Waals surface area contributed by atoms with Crippen LogP contribution in [0.25, 0.3) is 10.9 Å². The van der Waals surface area contributed by atoms with Crippen molar-refractivity contribution in [3.63, 3.8) is 0 Å². The predicted octanol–water partition coefficient (Wildman–Crippen LogP) is 3.14. The van der Waals surface area contributed by atoms with Crippen molar-refractivity contribution in [1.82, 2.24) is 10.3 Å². The Labute approximate surface area is 164 Å². The number of benzene rings is 1. The van der Waals surface area contributed by atoms with Crippen molar-refractivity contribution < 1.29 is 24.2 Å². The molecule has 0 fully saturated rings. The van der Waals surface area contributed by atoms with Crippen molar-refractivity contribution in [3.05, 3.63) is 29.5 Å². The zero-order valence-corrected chi connectivity index (χ0v) is 16.6. The maximum absolute atomic E-state index is 12.5. The van der Waals surface area contributed by atoms with E-state index < -0.39 is 12.0 Å². The zero-order chi connectivity index (χ0) is 20.7. The number of aromatic nitrogens is 1. The highest BCUT2D eigenvalue weighted by Gasteiger charge is 2.21. The Bertz CT molecular complexity index is 856. The molecule has 0 unspecified atom stereocenters. The molecule has 1 aromatic heterocycles. The summed E-state index contributed by atoms with van der Waals surface area (Å²) in [6, 6.07) is 4.67. The molecule has 1 aromatic carbocycles. The normalized spacial score (nSPS) is 12.0. The van der Waals surface area contributed by atoms with Crippen molar-refractivity contribution in [2.75, 3.05) is 7.11 Å². The number of hydrogen-bond acceptors (Lipinski definition) is 4. The molecule has 152 valence electrons. The van der Waals surface area contributed by atoms with E-state index in [-0.39, 0.29) is 18.1 Å². The van der Waals surface area contributed by atoms with Gasteiger partial charge >= 0.3 is 5.97 Å². The number of H-pyrrole nitrogens is 1. The number of unbranched alkanes of at least 4 members (excludes halogenated alkanes) is 2. The van der Waals surface area contributed by atoms with E-state index in [0.717, 1.165) is 35.0 Å². The molecule has 0 saturated heterocycles. The van der Waals surface area contributed by atoms with Crippen LogP contribution >= 0.6 is 0 Å². The number of nitrogens with one attached hydrogen (secondary N) is 2. The molecule has 0 aliphatic rings. The molecule has 7 heteroatoms. The number of ketones is 1. The number of ether oxygens (including phenoxy) is 1. The van der Waals surface area contributed by atoms with Gasteiger partial charge in [0.05, 0.1) is 13.5 Å². The molecule has 28 heavy (non-hydrogen) atoms. The summed E-state index contributed by atoms with van der Waals surface area (Å²) in [5.74, 6) is -0.545. The first kappa shape index (κ1) is 21.5. The standard InChI is InChI=1S/C21H28N2O5/c1-13(24)7-5-4-6-8-19(21(26)27)23-20(25)12-16-14(2)22-18-10-9-15(28-3)11-17(16)18/h9-11,19,22H,4-8,12H2,1-3H3,(H,23,25)(H,26,27)/t19-/m0/s1. The van der Waals surface area contributed by atoms with Gasteiger partial charge in [-0.1, -0.05) is 12.8 Å². The number of methoxy groups -OCH3 is 1.